The number of hydrogen-bond donors (Lipinski definition) is 1. The second-order valence-electron chi connectivity index (χ2n) is 3.02. The lowest BCUT2D eigenvalue weighted by molar-refractivity contribution is -0.112. The van der Waals surface area contributed by atoms with Gasteiger partial charge in [0.1, 0.15) is 5.71 Å². The molecule has 0 unspecified atom stereocenters. The molecule has 0 heterocycles. The maximum atomic E-state index is 10.9. The molecular formula is C10H11Cl2N3O. The van der Waals surface area contributed by atoms with Crippen molar-refractivity contribution in [2.75, 3.05) is 17.9 Å². The predicted octanol–water partition coefficient (Wildman–Crippen LogP) is 1.86. The van der Waals surface area contributed by atoms with Gasteiger partial charge in [0.05, 0.1) is 16.6 Å². The second kappa shape index (κ2) is 5.72. The Morgan fingerprint density at radius 2 is 2.12 bits per heavy atom. The van der Waals surface area contributed by atoms with Gasteiger partial charge in [-0.2, -0.15) is 5.10 Å². The summed E-state index contributed by atoms with van der Waals surface area (Å²) in [6, 6.07) is 7.13. The zero-order valence-electron chi connectivity index (χ0n) is 8.65. The lowest BCUT2D eigenvalue weighted by atomic mass is 10.3. The van der Waals surface area contributed by atoms with Gasteiger partial charge >= 0.3 is 0 Å². The number of primary amides is 1. The van der Waals surface area contributed by atoms with Gasteiger partial charge in [-0.05, 0) is 12.1 Å². The van der Waals surface area contributed by atoms with E-state index in [1.54, 1.807) is 25.2 Å². The minimum Gasteiger partial charge on any atom is -0.364 e. The summed E-state index contributed by atoms with van der Waals surface area (Å²) in [4.78, 5) is 10.9. The Labute approximate surface area is 104 Å². The maximum absolute atomic E-state index is 10.9. The smallest absolute Gasteiger partial charge is 0.266 e. The largest absolute Gasteiger partial charge is 0.364 e. The van der Waals surface area contributed by atoms with Crippen molar-refractivity contribution >= 4 is 40.5 Å². The van der Waals surface area contributed by atoms with Crippen LogP contribution in [0.1, 0.15) is 0 Å². The molecule has 86 valence electrons. The van der Waals surface area contributed by atoms with E-state index in [1.165, 1.54) is 5.01 Å². The van der Waals surface area contributed by atoms with Crippen molar-refractivity contribution in [3.05, 3.63) is 29.3 Å². The van der Waals surface area contributed by atoms with Crippen LogP contribution in [0.25, 0.3) is 0 Å². The van der Waals surface area contributed by atoms with E-state index in [0.717, 1.165) is 0 Å². The normalized spacial score (nSPS) is 11.3. The second-order valence-corrected chi connectivity index (χ2v) is 3.69. The van der Waals surface area contributed by atoms with Crippen LogP contribution in [0.5, 0.6) is 0 Å². The summed E-state index contributed by atoms with van der Waals surface area (Å²) in [6.07, 6.45) is 0. The average Bonchev–Trinajstić information content (AvgIpc) is 2.25. The van der Waals surface area contributed by atoms with E-state index in [0.29, 0.717) is 10.7 Å². The number of nitrogens with zero attached hydrogens (tertiary/aromatic N) is 2. The molecular weight excluding hydrogens is 249 g/mol. The van der Waals surface area contributed by atoms with E-state index in [-0.39, 0.29) is 11.6 Å². The zero-order valence-corrected chi connectivity index (χ0v) is 10.2. The minimum atomic E-state index is -0.645. The Morgan fingerprint density at radius 3 is 2.62 bits per heavy atom. The van der Waals surface area contributed by atoms with Crippen molar-refractivity contribution < 1.29 is 4.79 Å². The Kier molecular flexibility index (Phi) is 4.58. The van der Waals surface area contributed by atoms with Crippen LogP contribution in [0.4, 0.5) is 5.69 Å². The molecule has 0 aliphatic carbocycles. The first-order chi connectivity index (χ1) is 7.56. The van der Waals surface area contributed by atoms with Gasteiger partial charge in [0, 0.05) is 7.05 Å². The Bertz CT molecular complexity index is 420. The highest BCUT2D eigenvalue weighted by atomic mass is 35.5. The molecule has 1 aromatic rings. The number of rotatable bonds is 4. The first-order valence-electron chi connectivity index (χ1n) is 4.47. The zero-order chi connectivity index (χ0) is 12.1. The fraction of sp³-hybridized carbons (Fsp3) is 0.200. The Hall–Kier alpha value is -1.26. The van der Waals surface area contributed by atoms with Crippen molar-refractivity contribution in [2.24, 2.45) is 10.8 Å². The fourth-order valence-electron chi connectivity index (χ4n) is 1.09. The molecule has 0 spiro atoms. The summed E-state index contributed by atoms with van der Waals surface area (Å²) < 4.78 is 0. The quantitative estimate of drug-likeness (QED) is 0.510. The molecule has 0 saturated heterocycles. The first kappa shape index (κ1) is 12.8. The third-order valence-electron chi connectivity index (χ3n) is 1.88. The van der Waals surface area contributed by atoms with Crippen LogP contribution in [0.2, 0.25) is 5.02 Å². The topological polar surface area (TPSA) is 58.7 Å². The maximum Gasteiger partial charge on any atom is 0.266 e. The Morgan fingerprint density at radius 1 is 1.50 bits per heavy atom. The third-order valence-corrected chi connectivity index (χ3v) is 2.46. The van der Waals surface area contributed by atoms with Crippen molar-refractivity contribution in [1.82, 2.24) is 0 Å². The van der Waals surface area contributed by atoms with Crippen LogP contribution in [-0.4, -0.2) is 24.5 Å². The van der Waals surface area contributed by atoms with Crippen LogP contribution < -0.4 is 10.7 Å². The van der Waals surface area contributed by atoms with Crippen LogP contribution in [0, 0.1) is 0 Å². The highest BCUT2D eigenvalue weighted by Gasteiger charge is 2.09. The van der Waals surface area contributed by atoms with Gasteiger partial charge in [-0.3, -0.25) is 9.80 Å². The van der Waals surface area contributed by atoms with Crippen LogP contribution >= 0.6 is 23.2 Å². The number of carbonyl (C=O) groups excluding carboxylic acids is 1. The van der Waals surface area contributed by atoms with Gasteiger partial charge < -0.3 is 5.73 Å². The number of benzene rings is 1. The molecule has 0 saturated carbocycles. The Balaban J connectivity index is 2.99. The van der Waals surface area contributed by atoms with Crippen LogP contribution in [-0.2, 0) is 4.79 Å². The molecule has 16 heavy (non-hydrogen) atoms. The van der Waals surface area contributed by atoms with Crippen molar-refractivity contribution in [3.8, 4) is 0 Å². The minimum absolute atomic E-state index is 0.0376. The summed E-state index contributed by atoms with van der Waals surface area (Å²) in [7, 11) is 1.66. The molecule has 0 aromatic heterocycles. The van der Waals surface area contributed by atoms with Gasteiger partial charge in [0.25, 0.3) is 5.91 Å². The number of hydrazone groups is 1. The molecule has 2 N–H and O–H groups in total. The molecule has 1 amide bonds. The number of hydrogen-bond acceptors (Lipinski definition) is 3. The molecule has 0 aliphatic heterocycles. The summed E-state index contributed by atoms with van der Waals surface area (Å²) >= 11 is 11.5. The summed E-state index contributed by atoms with van der Waals surface area (Å²) in [6.45, 7) is 0. The number of para-hydroxylation sites is 1. The van der Waals surface area contributed by atoms with Gasteiger partial charge in [0.2, 0.25) is 0 Å². The van der Waals surface area contributed by atoms with Crippen LogP contribution in [0.3, 0.4) is 0 Å². The summed E-state index contributed by atoms with van der Waals surface area (Å²) in [5, 5.41) is 5.98. The molecule has 0 radical (unpaired) electrons. The number of amides is 1. The third kappa shape index (κ3) is 3.12. The van der Waals surface area contributed by atoms with Gasteiger partial charge in [-0.1, -0.05) is 23.7 Å². The molecule has 4 nitrogen and oxygen atoms in total. The van der Waals surface area contributed by atoms with Gasteiger partial charge in [0.15, 0.2) is 0 Å². The lowest BCUT2D eigenvalue weighted by Crippen LogP contribution is -2.27. The number of halogens is 2. The standard InChI is InChI=1S/C10H11Cl2N3O/c1-15(14-8(6-11)10(13)16)9-5-3-2-4-7(9)12/h2-5H,6H2,1H3,(H2,13,16)/b14-8+. The fourth-order valence-corrected chi connectivity index (χ4v) is 1.53. The van der Waals surface area contributed by atoms with E-state index in [1.807, 2.05) is 6.07 Å². The summed E-state index contributed by atoms with van der Waals surface area (Å²) in [5.41, 5.74) is 5.86. The van der Waals surface area contributed by atoms with E-state index >= 15 is 0 Å². The molecule has 0 aliphatic rings. The van der Waals surface area contributed by atoms with E-state index in [4.69, 9.17) is 28.9 Å². The molecule has 6 heteroatoms. The summed E-state index contributed by atoms with van der Waals surface area (Å²) in [5.74, 6) is -0.682. The number of alkyl halides is 1. The SMILES string of the molecule is CN(/N=C(\CCl)C(N)=O)c1ccccc1Cl. The van der Waals surface area contributed by atoms with Crippen molar-refractivity contribution in [1.29, 1.82) is 0 Å². The van der Waals surface area contributed by atoms with Crippen molar-refractivity contribution in [2.45, 2.75) is 0 Å². The molecule has 1 aromatic carbocycles. The predicted molar refractivity (Wildman–Crippen MR) is 67.2 cm³/mol. The van der Waals surface area contributed by atoms with Gasteiger partial charge in [-0.25, -0.2) is 0 Å². The van der Waals surface area contributed by atoms with E-state index < -0.39 is 5.91 Å². The molecule has 0 bridgehead atoms. The van der Waals surface area contributed by atoms with Crippen LogP contribution in [0.15, 0.2) is 29.4 Å². The lowest BCUT2D eigenvalue weighted by Gasteiger charge is -2.15. The highest BCUT2D eigenvalue weighted by Crippen LogP contribution is 2.24. The highest BCUT2D eigenvalue weighted by molar-refractivity contribution is 6.48. The number of anilines is 1. The molecule has 0 fully saturated rings. The van der Waals surface area contributed by atoms with E-state index in [9.17, 15) is 4.79 Å². The number of nitrogens with two attached hydrogens (primary N) is 1. The van der Waals surface area contributed by atoms with E-state index in [2.05, 4.69) is 5.10 Å². The average molecular weight is 260 g/mol. The molecule has 1 rings (SSSR count). The first-order valence-corrected chi connectivity index (χ1v) is 5.39. The number of carbonyl (C=O) groups is 1. The van der Waals surface area contributed by atoms with Gasteiger partial charge in [-0.15, -0.1) is 11.6 Å². The monoisotopic (exact) mass is 259 g/mol. The molecule has 0 atom stereocenters. The van der Waals surface area contributed by atoms with Crippen molar-refractivity contribution in [3.63, 3.8) is 0 Å².